The molecular weight excluding hydrogens is 330 g/mol. The Morgan fingerprint density at radius 1 is 1.33 bits per heavy atom. The van der Waals surface area contributed by atoms with Gasteiger partial charge in [-0.15, -0.1) is 0 Å². The second-order valence-electron chi connectivity index (χ2n) is 5.46. The Morgan fingerprint density at radius 3 is 2.79 bits per heavy atom. The molecule has 3 heterocycles. The molecule has 0 aliphatic carbocycles. The van der Waals surface area contributed by atoms with E-state index in [4.69, 9.17) is 4.74 Å². The van der Waals surface area contributed by atoms with Crippen LogP contribution in [0.25, 0.3) is 6.08 Å². The van der Waals surface area contributed by atoms with Gasteiger partial charge >= 0.3 is 0 Å². The van der Waals surface area contributed by atoms with E-state index in [0.717, 1.165) is 22.4 Å². The van der Waals surface area contributed by atoms with Crippen molar-refractivity contribution in [2.75, 3.05) is 32.8 Å². The van der Waals surface area contributed by atoms with E-state index in [0.29, 0.717) is 32.0 Å². The molecule has 2 aliphatic heterocycles. The molecule has 0 N–H and O–H groups in total. The summed E-state index contributed by atoms with van der Waals surface area (Å²) in [6, 6.07) is 5.45. The number of imide groups is 1. The fraction of sp³-hybridized carbons (Fsp3) is 0.375. The Morgan fingerprint density at radius 2 is 2.08 bits per heavy atom. The number of hydrogen-bond acceptors (Lipinski definition) is 6. The van der Waals surface area contributed by atoms with Gasteiger partial charge in [-0.1, -0.05) is 6.07 Å². The summed E-state index contributed by atoms with van der Waals surface area (Å²) in [4.78, 5) is 43.9. The average molecular weight is 347 g/mol. The number of aromatic nitrogens is 1. The van der Waals surface area contributed by atoms with E-state index in [1.165, 1.54) is 0 Å². The van der Waals surface area contributed by atoms with Crippen LogP contribution in [-0.2, 0) is 14.3 Å². The van der Waals surface area contributed by atoms with Gasteiger partial charge in [0.15, 0.2) is 0 Å². The lowest BCUT2D eigenvalue weighted by Gasteiger charge is -2.27. The predicted molar refractivity (Wildman–Crippen MR) is 89.1 cm³/mol. The summed E-state index contributed by atoms with van der Waals surface area (Å²) in [6.45, 7) is 3.54. The molecule has 2 saturated heterocycles. The van der Waals surface area contributed by atoms with E-state index >= 15 is 0 Å². The molecular formula is C16H17N3O4S. The lowest BCUT2D eigenvalue weighted by molar-refractivity contribution is -0.139. The zero-order valence-electron chi connectivity index (χ0n) is 13.2. The standard InChI is InChI=1S/C16H17N3O4S/c1-11-3-2-4-12(17-11)9-13-15(21)19(16(22)24-13)10-14(20)18-5-7-23-8-6-18/h2-4,9H,5-8,10H2,1H3/b13-9+. The number of morpholine rings is 1. The topological polar surface area (TPSA) is 79.8 Å². The second-order valence-corrected chi connectivity index (χ2v) is 6.46. The lowest BCUT2D eigenvalue weighted by Crippen LogP contribution is -2.46. The molecule has 7 nitrogen and oxygen atoms in total. The number of ether oxygens (including phenoxy) is 1. The van der Waals surface area contributed by atoms with Crippen LogP contribution < -0.4 is 0 Å². The molecule has 0 spiro atoms. The highest BCUT2D eigenvalue weighted by Gasteiger charge is 2.37. The molecule has 0 atom stereocenters. The average Bonchev–Trinajstić information content (AvgIpc) is 2.83. The first kappa shape index (κ1) is 16.7. The predicted octanol–water partition coefficient (Wildman–Crippen LogP) is 1.29. The summed E-state index contributed by atoms with van der Waals surface area (Å²) in [5.41, 5.74) is 1.44. The molecule has 3 amide bonds. The van der Waals surface area contributed by atoms with Crippen molar-refractivity contribution in [3.05, 3.63) is 34.5 Å². The Kier molecular flexibility index (Phi) is 4.96. The highest BCUT2D eigenvalue weighted by atomic mass is 32.2. The molecule has 8 heteroatoms. The first-order valence-corrected chi connectivity index (χ1v) is 8.41. The fourth-order valence-electron chi connectivity index (χ4n) is 2.46. The number of carbonyl (C=O) groups excluding carboxylic acids is 3. The molecule has 0 saturated carbocycles. The Bertz CT molecular complexity index is 713. The summed E-state index contributed by atoms with van der Waals surface area (Å²) in [5, 5.41) is -0.430. The van der Waals surface area contributed by atoms with Gasteiger partial charge in [0, 0.05) is 18.8 Å². The molecule has 126 valence electrons. The highest BCUT2D eigenvalue weighted by molar-refractivity contribution is 8.18. The van der Waals surface area contributed by atoms with Gasteiger partial charge in [0.25, 0.3) is 11.1 Å². The number of nitrogens with zero attached hydrogens (tertiary/aromatic N) is 3. The third-order valence-corrected chi connectivity index (χ3v) is 4.63. The van der Waals surface area contributed by atoms with E-state index < -0.39 is 11.1 Å². The summed E-state index contributed by atoms with van der Waals surface area (Å²) < 4.78 is 5.19. The Labute approximate surface area is 143 Å². The first-order chi connectivity index (χ1) is 11.5. The minimum Gasteiger partial charge on any atom is -0.378 e. The highest BCUT2D eigenvalue weighted by Crippen LogP contribution is 2.31. The number of amides is 3. The molecule has 2 aliphatic rings. The summed E-state index contributed by atoms with van der Waals surface area (Å²) in [7, 11) is 0. The maximum atomic E-state index is 12.4. The van der Waals surface area contributed by atoms with Gasteiger partial charge in [0.1, 0.15) is 6.54 Å². The van der Waals surface area contributed by atoms with Crippen molar-refractivity contribution in [1.29, 1.82) is 0 Å². The van der Waals surface area contributed by atoms with Gasteiger partial charge in [-0.05, 0) is 36.9 Å². The van der Waals surface area contributed by atoms with Crippen molar-refractivity contribution >= 4 is 34.9 Å². The van der Waals surface area contributed by atoms with Gasteiger partial charge < -0.3 is 9.64 Å². The summed E-state index contributed by atoms with van der Waals surface area (Å²) in [6.07, 6.45) is 1.58. The van der Waals surface area contributed by atoms with Crippen LogP contribution in [0, 0.1) is 6.92 Å². The summed E-state index contributed by atoms with van der Waals surface area (Å²) in [5.74, 6) is -0.689. The molecule has 0 unspecified atom stereocenters. The van der Waals surface area contributed by atoms with Crippen LogP contribution in [0.15, 0.2) is 23.1 Å². The van der Waals surface area contributed by atoms with Gasteiger partial charge in [-0.3, -0.25) is 24.3 Å². The van der Waals surface area contributed by atoms with Crippen molar-refractivity contribution in [3.8, 4) is 0 Å². The van der Waals surface area contributed by atoms with Crippen molar-refractivity contribution in [1.82, 2.24) is 14.8 Å². The lowest BCUT2D eigenvalue weighted by atomic mass is 10.3. The normalized spacial score (nSPS) is 20.1. The van der Waals surface area contributed by atoms with E-state index in [1.807, 2.05) is 19.1 Å². The molecule has 3 rings (SSSR count). The van der Waals surface area contributed by atoms with Gasteiger partial charge in [-0.2, -0.15) is 0 Å². The number of hydrogen-bond donors (Lipinski definition) is 0. The Balaban J connectivity index is 1.71. The minimum atomic E-state index is -0.449. The van der Waals surface area contributed by atoms with Crippen molar-refractivity contribution in [2.45, 2.75) is 6.92 Å². The monoisotopic (exact) mass is 347 g/mol. The van der Waals surface area contributed by atoms with Crippen LogP contribution in [0.2, 0.25) is 0 Å². The van der Waals surface area contributed by atoms with Gasteiger partial charge in [0.2, 0.25) is 5.91 Å². The van der Waals surface area contributed by atoms with Gasteiger partial charge in [0.05, 0.1) is 23.8 Å². The number of aryl methyl sites for hydroxylation is 1. The number of rotatable bonds is 3. The minimum absolute atomic E-state index is 0.233. The van der Waals surface area contributed by atoms with E-state index in [9.17, 15) is 14.4 Å². The zero-order chi connectivity index (χ0) is 17.1. The van der Waals surface area contributed by atoms with Crippen LogP contribution in [0.5, 0.6) is 0 Å². The SMILES string of the molecule is Cc1cccc(/C=C2/SC(=O)N(CC(=O)N3CCOCC3)C2=O)n1. The first-order valence-electron chi connectivity index (χ1n) is 7.59. The summed E-state index contributed by atoms with van der Waals surface area (Å²) >= 11 is 0.834. The third-order valence-electron chi connectivity index (χ3n) is 3.72. The maximum Gasteiger partial charge on any atom is 0.294 e. The Hall–Kier alpha value is -2.19. The quantitative estimate of drug-likeness (QED) is 0.767. The molecule has 1 aromatic heterocycles. The molecule has 0 bridgehead atoms. The van der Waals surface area contributed by atoms with Crippen LogP contribution >= 0.6 is 11.8 Å². The van der Waals surface area contributed by atoms with E-state index in [2.05, 4.69) is 4.98 Å². The van der Waals surface area contributed by atoms with Crippen LogP contribution in [0.3, 0.4) is 0 Å². The molecule has 2 fully saturated rings. The molecule has 24 heavy (non-hydrogen) atoms. The van der Waals surface area contributed by atoms with E-state index in [1.54, 1.807) is 17.0 Å². The van der Waals surface area contributed by atoms with Crippen molar-refractivity contribution < 1.29 is 19.1 Å². The zero-order valence-corrected chi connectivity index (χ0v) is 14.0. The van der Waals surface area contributed by atoms with Crippen LogP contribution in [-0.4, -0.2) is 64.7 Å². The van der Waals surface area contributed by atoms with Gasteiger partial charge in [-0.25, -0.2) is 0 Å². The molecule has 0 radical (unpaired) electrons. The maximum absolute atomic E-state index is 12.4. The number of thioether (sulfide) groups is 1. The molecule has 1 aromatic rings. The van der Waals surface area contributed by atoms with Crippen molar-refractivity contribution in [3.63, 3.8) is 0 Å². The van der Waals surface area contributed by atoms with Crippen LogP contribution in [0.1, 0.15) is 11.4 Å². The van der Waals surface area contributed by atoms with E-state index in [-0.39, 0.29) is 17.4 Å². The largest absolute Gasteiger partial charge is 0.378 e. The smallest absolute Gasteiger partial charge is 0.294 e. The van der Waals surface area contributed by atoms with Crippen molar-refractivity contribution in [2.24, 2.45) is 0 Å². The fourth-order valence-corrected chi connectivity index (χ4v) is 3.29. The number of pyridine rings is 1. The number of carbonyl (C=O) groups is 3. The second kappa shape index (κ2) is 7.14. The van der Waals surface area contributed by atoms with Crippen LogP contribution in [0.4, 0.5) is 4.79 Å². The molecule has 0 aromatic carbocycles. The third kappa shape index (κ3) is 3.65.